The van der Waals surface area contributed by atoms with Gasteiger partial charge < -0.3 is 0 Å². The lowest BCUT2D eigenvalue weighted by atomic mass is 9.87. The molecule has 0 radical (unpaired) electrons. The predicted octanol–water partition coefficient (Wildman–Crippen LogP) is 4.84. The highest BCUT2D eigenvalue weighted by Crippen LogP contribution is 2.36. The van der Waals surface area contributed by atoms with Gasteiger partial charge in [-0.15, -0.1) is 0 Å². The minimum atomic E-state index is -1.63. The lowest BCUT2D eigenvalue weighted by Gasteiger charge is -2.23. The summed E-state index contributed by atoms with van der Waals surface area (Å²) >= 11 is 0. The Bertz CT molecular complexity index is 582. The average molecular weight is 268 g/mol. The highest BCUT2D eigenvalue weighted by Gasteiger charge is 2.31. The lowest BCUT2D eigenvalue weighted by Crippen LogP contribution is -2.23. The van der Waals surface area contributed by atoms with Crippen molar-refractivity contribution in [2.75, 3.05) is 0 Å². The van der Waals surface area contributed by atoms with Gasteiger partial charge in [0.05, 0.1) is 0 Å². The van der Waals surface area contributed by atoms with Crippen LogP contribution in [0.3, 0.4) is 0 Å². The van der Waals surface area contributed by atoms with E-state index >= 15 is 0 Å². The van der Waals surface area contributed by atoms with E-state index in [1.807, 2.05) is 36.4 Å². The third-order valence-electron chi connectivity index (χ3n) is 3.51. The molecule has 1 aliphatic rings. The van der Waals surface area contributed by atoms with E-state index in [2.05, 4.69) is 0 Å². The van der Waals surface area contributed by atoms with E-state index in [4.69, 9.17) is 0 Å². The van der Waals surface area contributed by atoms with Crippen molar-refractivity contribution in [3.8, 4) is 0 Å². The summed E-state index contributed by atoms with van der Waals surface area (Å²) in [6.07, 6.45) is 0.104. The molecule has 0 spiro atoms. The van der Waals surface area contributed by atoms with Gasteiger partial charge in [-0.1, -0.05) is 72.8 Å². The van der Waals surface area contributed by atoms with Gasteiger partial charge in [0.15, 0.2) is 12.3 Å². The van der Waals surface area contributed by atoms with Crippen LogP contribution in [0.4, 0.5) is 8.78 Å². The fraction of sp³-hybridized carbons (Fsp3) is 0.111. The second-order valence-electron chi connectivity index (χ2n) is 4.78. The van der Waals surface area contributed by atoms with Crippen LogP contribution in [0, 0.1) is 0 Å². The molecule has 3 rings (SSSR count). The van der Waals surface area contributed by atoms with Crippen molar-refractivity contribution in [2.45, 2.75) is 12.3 Å². The Labute approximate surface area is 117 Å². The standard InChI is InChI=1S/C18H14F2/c19-17-15(13-7-3-1-4-8-13)11-12-16(18(17)20)14-9-5-2-6-10-14/h1-12,17-18H. The fourth-order valence-corrected chi connectivity index (χ4v) is 2.45. The first-order valence-corrected chi connectivity index (χ1v) is 6.58. The van der Waals surface area contributed by atoms with Gasteiger partial charge >= 0.3 is 0 Å². The number of alkyl halides is 2. The molecule has 0 aromatic heterocycles. The van der Waals surface area contributed by atoms with Gasteiger partial charge in [-0.05, 0) is 22.3 Å². The summed E-state index contributed by atoms with van der Waals surface area (Å²) in [6, 6.07) is 18.2. The molecule has 2 atom stereocenters. The first kappa shape index (κ1) is 12.8. The molecule has 2 unspecified atom stereocenters. The molecule has 0 aliphatic heterocycles. The molecule has 20 heavy (non-hydrogen) atoms. The number of rotatable bonds is 2. The van der Waals surface area contributed by atoms with Gasteiger partial charge in [0.25, 0.3) is 0 Å². The molecule has 0 heterocycles. The quantitative estimate of drug-likeness (QED) is 0.730. The Hall–Kier alpha value is -2.22. The van der Waals surface area contributed by atoms with Crippen molar-refractivity contribution in [3.63, 3.8) is 0 Å². The zero-order valence-corrected chi connectivity index (χ0v) is 10.8. The molecule has 2 heteroatoms. The van der Waals surface area contributed by atoms with E-state index in [9.17, 15) is 8.78 Å². The highest BCUT2D eigenvalue weighted by atomic mass is 19.2. The Morgan fingerprint density at radius 3 is 1.25 bits per heavy atom. The zero-order valence-electron chi connectivity index (χ0n) is 10.8. The fourth-order valence-electron chi connectivity index (χ4n) is 2.45. The third kappa shape index (κ3) is 2.29. The van der Waals surface area contributed by atoms with Crippen LogP contribution >= 0.6 is 0 Å². The van der Waals surface area contributed by atoms with Gasteiger partial charge in [0.1, 0.15) is 0 Å². The number of hydrogen-bond donors (Lipinski definition) is 0. The number of hydrogen-bond acceptors (Lipinski definition) is 0. The summed E-state index contributed by atoms with van der Waals surface area (Å²) in [7, 11) is 0. The number of allylic oxidation sites excluding steroid dienone is 4. The molecule has 100 valence electrons. The van der Waals surface area contributed by atoms with Crippen LogP contribution in [0.15, 0.2) is 72.8 Å². The lowest BCUT2D eigenvalue weighted by molar-refractivity contribution is 0.262. The average Bonchev–Trinajstić information content (AvgIpc) is 2.52. The number of halogens is 2. The molecule has 0 N–H and O–H groups in total. The molecule has 0 saturated heterocycles. The first-order valence-electron chi connectivity index (χ1n) is 6.58. The summed E-state index contributed by atoms with van der Waals surface area (Å²) in [4.78, 5) is 0. The maximum Gasteiger partial charge on any atom is 0.161 e. The van der Waals surface area contributed by atoms with E-state index in [1.54, 1.807) is 36.4 Å². The van der Waals surface area contributed by atoms with Crippen molar-refractivity contribution in [1.29, 1.82) is 0 Å². The van der Waals surface area contributed by atoms with Crippen LogP contribution in [0.1, 0.15) is 11.1 Å². The van der Waals surface area contributed by atoms with Crippen LogP contribution < -0.4 is 0 Å². The van der Waals surface area contributed by atoms with Crippen LogP contribution in [0.2, 0.25) is 0 Å². The zero-order chi connectivity index (χ0) is 13.9. The monoisotopic (exact) mass is 268 g/mol. The Morgan fingerprint density at radius 1 is 0.550 bits per heavy atom. The molecular formula is C18H14F2. The minimum Gasteiger partial charge on any atom is -0.239 e. The van der Waals surface area contributed by atoms with Gasteiger partial charge in [0, 0.05) is 0 Å². The van der Waals surface area contributed by atoms with Gasteiger partial charge in [-0.25, -0.2) is 8.78 Å². The van der Waals surface area contributed by atoms with Gasteiger partial charge in [-0.3, -0.25) is 0 Å². The maximum absolute atomic E-state index is 14.4. The molecule has 0 amide bonds. The molecule has 0 fully saturated rings. The Balaban J connectivity index is 2.01. The topological polar surface area (TPSA) is 0 Å². The summed E-state index contributed by atoms with van der Waals surface area (Å²) in [5.74, 6) is 0. The molecule has 0 nitrogen and oxygen atoms in total. The van der Waals surface area contributed by atoms with Crippen LogP contribution in [-0.2, 0) is 0 Å². The molecule has 2 aromatic rings. The molecule has 0 bridgehead atoms. The van der Waals surface area contributed by atoms with Gasteiger partial charge in [0.2, 0.25) is 0 Å². The highest BCUT2D eigenvalue weighted by molar-refractivity contribution is 5.83. The van der Waals surface area contributed by atoms with E-state index in [0.717, 1.165) is 11.1 Å². The predicted molar refractivity (Wildman–Crippen MR) is 78.6 cm³/mol. The summed E-state index contributed by atoms with van der Waals surface area (Å²) in [5.41, 5.74) is 2.26. The van der Waals surface area contributed by atoms with Crippen molar-refractivity contribution in [2.24, 2.45) is 0 Å². The van der Waals surface area contributed by atoms with Crippen molar-refractivity contribution in [3.05, 3.63) is 83.9 Å². The van der Waals surface area contributed by atoms with E-state index < -0.39 is 12.3 Å². The Kier molecular flexibility index (Phi) is 3.46. The molecular weight excluding hydrogens is 254 g/mol. The van der Waals surface area contributed by atoms with E-state index in [1.165, 1.54) is 0 Å². The number of benzene rings is 2. The van der Waals surface area contributed by atoms with Crippen LogP contribution in [0.25, 0.3) is 11.1 Å². The normalized spacial score (nSPS) is 22.1. The molecule has 0 saturated carbocycles. The third-order valence-corrected chi connectivity index (χ3v) is 3.51. The second-order valence-corrected chi connectivity index (χ2v) is 4.78. The summed E-state index contributed by atoms with van der Waals surface area (Å²) < 4.78 is 28.8. The first-order chi connectivity index (χ1) is 9.77. The smallest absolute Gasteiger partial charge is 0.161 e. The summed E-state index contributed by atoms with van der Waals surface area (Å²) in [5, 5.41) is 0. The van der Waals surface area contributed by atoms with E-state index in [-0.39, 0.29) is 0 Å². The van der Waals surface area contributed by atoms with Gasteiger partial charge in [-0.2, -0.15) is 0 Å². The van der Waals surface area contributed by atoms with E-state index in [0.29, 0.717) is 11.1 Å². The minimum absolute atomic E-state index is 0.401. The Morgan fingerprint density at radius 2 is 0.900 bits per heavy atom. The SMILES string of the molecule is FC1C(c2ccccc2)=CC=C(c2ccccc2)C1F. The van der Waals surface area contributed by atoms with Crippen LogP contribution in [0.5, 0.6) is 0 Å². The largest absolute Gasteiger partial charge is 0.239 e. The molecule has 1 aliphatic carbocycles. The second kappa shape index (κ2) is 5.41. The summed E-state index contributed by atoms with van der Waals surface area (Å²) in [6.45, 7) is 0. The van der Waals surface area contributed by atoms with Crippen molar-refractivity contribution in [1.82, 2.24) is 0 Å². The van der Waals surface area contributed by atoms with Crippen molar-refractivity contribution < 1.29 is 8.78 Å². The van der Waals surface area contributed by atoms with Crippen LogP contribution in [-0.4, -0.2) is 12.3 Å². The molecule has 2 aromatic carbocycles. The van der Waals surface area contributed by atoms with Crippen molar-refractivity contribution >= 4 is 11.1 Å². The maximum atomic E-state index is 14.4.